The van der Waals surface area contributed by atoms with Gasteiger partial charge in [0.1, 0.15) is 23.2 Å². The predicted octanol–water partition coefficient (Wildman–Crippen LogP) is 5.22. The topological polar surface area (TPSA) is 97.6 Å². The summed E-state index contributed by atoms with van der Waals surface area (Å²) in [6.07, 6.45) is 5.84. The first kappa shape index (κ1) is 24.7. The molecule has 0 radical (unpaired) electrons. The third-order valence-corrected chi connectivity index (χ3v) is 5.79. The van der Waals surface area contributed by atoms with Crippen LogP contribution in [0.4, 0.5) is 5.69 Å². The van der Waals surface area contributed by atoms with Crippen LogP contribution in [0.1, 0.15) is 53.2 Å². The number of nitrogens with zero attached hydrogens (tertiary/aromatic N) is 3. The van der Waals surface area contributed by atoms with Gasteiger partial charge in [0.15, 0.2) is 0 Å². The number of ether oxygens (including phenoxy) is 1. The van der Waals surface area contributed by atoms with Crippen LogP contribution < -0.4 is 10.1 Å². The summed E-state index contributed by atoms with van der Waals surface area (Å²) in [6.45, 7) is 4.27. The Balaban J connectivity index is 1.74. The van der Waals surface area contributed by atoms with Crippen molar-refractivity contribution in [2.75, 3.05) is 12.4 Å². The second-order valence-electron chi connectivity index (χ2n) is 8.54. The van der Waals surface area contributed by atoms with Gasteiger partial charge in [-0.25, -0.2) is 4.98 Å². The molecule has 1 atom stereocenters. The van der Waals surface area contributed by atoms with Gasteiger partial charge < -0.3 is 19.4 Å². The van der Waals surface area contributed by atoms with Crippen molar-refractivity contribution in [3.63, 3.8) is 0 Å². The Morgan fingerprint density at radius 3 is 2.31 bits per heavy atom. The zero-order chi connectivity index (χ0) is 25.5. The summed E-state index contributed by atoms with van der Waals surface area (Å²) >= 11 is 0. The maximum atomic E-state index is 13.8. The molecule has 0 unspecified atom stereocenters. The molecule has 0 spiro atoms. The molecule has 8 heteroatoms. The lowest BCUT2D eigenvalue weighted by Gasteiger charge is -2.30. The maximum absolute atomic E-state index is 13.8. The first-order chi connectivity index (χ1) is 17.5. The van der Waals surface area contributed by atoms with E-state index in [0.717, 1.165) is 5.56 Å². The average molecular weight is 485 g/mol. The van der Waals surface area contributed by atoms with E-state index in [-0.39, 0.29) is 18.1 Å². The fourth-order valence-electron chi connectivity index (χ4n) is 3.83. The highest BCUT2D eigenvalue weighted by Gasteiger charge is 2.33. The van der Waals surface area contributed by atoms with Gasteiger partial charge in [0.2, 0.25) is 0 Å². The van der Waals surface area contributed by atoms with Crippen LogP contribution in [0.3, 0.4) is 0 Å². The van der Waals surface area contributed by atoms with Gasteiger partial charge in [0, 0.05) is 18.1 Å². The lowest BCUT2D eigenvalue weighted by atomic mass is 10.0. The number of benzene rings is 2. The zero-order valence-corrected chi connectivity index (χ0v) is 20.4. The molecule has 1 N–H and O–H groups in total. The Morgan fingerprint density at radius 2 is 1.72 bits per heavy atom. The highest BCUT2D eigenvalue weighted by molar-refractivity contribution is 6.00. The highest BCUT2D eigenvalue weighted by Crippen LogP contribution is 2.29. The summed E-state index contributed by atoms with van der Waals surface area (Å²) in [5.74, 6) is 0.710. The van der Waals surface area contributed by atoms with Crippen LogP contribution in [0.15, 0.2) is 89.9 Å². The Morgan fingerprint density at radius 1 is 1.00 bits per heavy atom. The summed E-state index contributed by atoms with van der Waals surface area (Å²) < 4.78 is 10.8. The van der Waals surface area contributed by atoms with Gasteiger partial charge in [0.05, 0.1) is 26.1 Å². The molecule has 4 rings (SSSR count). The number of aromatic nitrogens is 2. The van der Waals surface area contributed by atoms with Crippen LogP contribution in [0.25, 0.3) is 0 Å². The van der Waals surface area contributed by atoms with E-state index in [1.807, 2.05) is 24.3 Å². The third-order valence-electron chi connectivity index (χ3n) is 5.79. The van der Waals surface area contributed by atoms with E-state index in [9.17, 15) is 9.59 Å². The monoisotopic (exact) mass is 484 g/mol. The Kier molecular flexibility index (Phi) is 7.75. The molecule has 2 amide bonds. The van der Waals surface area contributed by atoms with Crippen molar-refractivity contribution >= 4 is 17.5 Å². The molecule has 0 fully saturated rings. The molecule has 0 bridgehead atoms. The minimum atomic E-state index is -0.986. The fourth-order valence-corrected chi connectivity index (χ4v) is 3.83. The second-order valence-corrected chi connectivity index (χ2v) is 8.54. The van der Waals surface area contributed by atoms with Crippen molar-refractivity contribution in [1.29, 1.82) is 0 Å². The molecule has 4 aromatic rings. The minimum Gasteiger partial charge on any atom is -0.497 e. The molecule has 0 aliphatic carbocycles. The average Bonchev–Trinajstić information content (AvgIpc) is 3.42. The van der Waals surface area contributed by atoms with Crippen molar-refractivity contribution < 1.29 is 18.7 Å². The predicted molar refractivity (Wildman–Crippen MR) is 136 cm³/mol. The highest BCUT2D eigenvalue weighted by atomic mass is 16.5. The molecule has 184 valence electrons. The number of furan rings is 1. The summed E-state index contributed by atoms with van der Waals surface area (Å²) in [5.41, 5.74) is 2.53. The third kappa shape index (κ3) is 5.78. The van der Waals surface area contributed by atoms with Gasteiger partial charge in [-0.2, -0.15) is 0 Å². The normalized spacial score (nSPS) is 11.7. The number of amides is 2. The largest absolute Gasteiger partial charge is 0.497 e. The van der Waals surface area contributed by atoms with Crippen LogP contribution in [-0.2, 0) is 11.3 Å². The van der Waals surface area contributed by atoms with E-state index in [2.05, 4.69) is 29.1 Å². The van der Waals surface area contributed by atoms with Crippen LogP contribution in [0, 0.1) is 0 Å². The first-order valence-electron chi connectivity index (χ1n) is 11.6. The summed E-state index contributed by atoms with van der Waals surface area (Å²) in [4.78, 5) is 37.1. The first-order valence-corrected chi connectivity index (χ1v) is 11.6. The number of nitrogens with one attached hydrogen (secondary N) is 1. The Hall–Kier alpha value is -4.46. The van der Waals surface area contributed by atoms with E-state index in [4.69, 9.17) is 9.15 Å². The Labute approximate surface area is 210 Å². The van der Waals surface area contributed by atoms with Crippen LogP contribution in [0.5, 0.6) is 5.75 Å². The second kappa shape index (κ2) is 11.3. The smallest absolute Gasteiger partial charge is 0.275 e. The molecule has 0 saturated carbocycles. The molecular weight excluding hydrogens is 456 g/mol. The number of carbonyl (C=O) groups excluding carboxylic acids is 2. The van der Waals surface area contributed by atoms with Crippen LogP contribution >= 0.6 is 0 Å². The lowest BCUT2D eigenvalue weighted by molar-refractivity contribution is -0.121. The summed E-state index contributed by atoms with van der Waals surface area (Å²) in [5, 5.41) is 2.97. The number of hydrogen-bond donors (Lipinski definition) is 1. The summed E-state index contributed by atoms with van der Waals surface area (Å²) in [7, 11) is 1.57. The number of carbonyl (C=O) groups is 2. The van der Waals surface area contributed by atoms with Gasteiger partial charge in [-0.15, -0.1) is 0 Å². The van der Waals surface area contributed by atoms with Gasteiger partial charge >= 0.3 is 0 Å². The molecule has 2 aromatic heterocycles. The van der Waals surface area contributed by atoms with Gasteiger partial charge in [-0.1, -0.05) is 38.1 Å². The lowest BCUT2D eigenvalue weighted by Crippen LogP contribution is -2.41. The van der Waals surface area contributed by atoms with Crippen LogP contribution in [0.2, 0.25) is 0 Å². The number of hydrogen-bond acceptors (Lipinski definition) is 6. The van der Waals surface area contributed by atoms with E-state index in [1.54, 1.807) is 43.5 Å². The fraction of sp³-hybridized carbons (Fsp3) is 0.214. The quantitative estimate of drug-likeness (QED) is 0.350. The molecule has 8 nitrogen and oxygen atoms in total. The number of methoxy groups -OCH3 is 1. The minimum absolute atomic E-state index is 0.0544. The summed E-state index contributed by atoms with van der Waals surface area (Å²) in [6, 6.07) is 17.2. The van der Waals surface area contributed by atoms with Crippen molar-refractivity contribution in [2.24, 2.45) is 0 Å². The van der Waals surface area contributed by atoms with E-state index >= 15 is 0 Å². The molecule has 0 aliphatic heterocycles. The molecule has 0 aliphatic rings. The molecule has 0 saturated heterocycles. The van der Waals surface area contributed by atoms with E-state index < -0.39 is 11.9 Å². The number of rotatable bonds is 9. The van der Waals surface area contributed by atoms with Crippen molar-refractivity contribution in [2.45, 2.75) is 32.4 Å². The van der Waals surface area contributed by atoms with Crippen molar-refractivity contribution in [3.8, 4) is 5.75 Å². The number of anilines is 1. The van der Waals surface area contributed by atoms with Crippen molar-refractivity contribution in [1.82, 2.24) is 14.9 Å². The molecule has 36 heavy (non-hydrogen) atoms. The van der Waals surface area contributed by atoms with E-state index in [0.29, 0.717) is 28.7 Å². The van der Waals surface area contributed by atoms with Crippen molar-refractivity contribution in [3.05, 3.63) is 108 Å². The maximum Gasteiger partial charge on any atom is 0.275 e. The van der Waals surface area contributed by atoms with Gasteiger partial charge in [-0.05, 0) is 53.4 Å². The Bertz CT molecular complexity index is 1270. The van der Waals surface area contributed by atoms with Gasteiger partial charge in [-0.3, -0.25) is 14.6 Å². The van der Waals surface area contributed by atoms with E-state index in [1.165, 1.54) is 29.8 Å². The SMILES string of the molecule is COc1ccc([C@@H](C(=O)Nc2ccc(C(C)C)cc2)N(Cc2ccco2)C(=O)c2cnccn2)cc1. The van der Waals surface area contributed by atoms with Gasteiger partial charge in [0.25, 0.3) is 11.8 Å². The molecular formula is C28H28N4O4. The molecule has 2 aromatic carbocycles. The zero-order valence-electron chi connectivity index (χ0n) is 20.4. The van der Waals surface area contributed by atoms with Crippen LogP contribution in [-0.4, -0.2) is 33.8 Å². The standard InChI is InChI=1S/C28H28N4O4/c1-19(2)20-6-10-22(11-7-20)31-27(33)26(21-8-12-23(35-3)13-9-21)32(18-24-5-4-16-36-24)28(34)25-17-29-14-15-30-25/h4-17,19,26H,18H2,1-3H3,(H,31,33)/t26-/m0/s1. The molecule has 2 heterocycles.